The molecule has 0 bridgehead atoms. The molecule has 4 aromatic rings. The number of halogens is 1. The van der Waals surface area contributed by atoms with Crippen LogP contribution in [0.5, 0.6) is 11.5 Å². The van der Waals surface area contributed by atoms with Crippen molar-refractivity contribution < 1.29 is 14.3 Å². The molecule has 182 valence electrons. The van der Waals surface area contributed by atoms with E-state index in [1.165, 1.54) is 16.2 Å². The molecule has 2 aromatic carbocycles. The summed E-state index contributed by atoms with van der Waals surface area (Å²) in [6.07, 6.45) is 2.53. The van der Waals surface area contributed by atoms with Crippen molar-refractivity contribution in [3.05, 3.63) is 70.7 Å². The number of para-hydroxylation sites is 1. The Morgan fingerprint density at radius 2 is 2.00 bits per heavy atom. The summed E-state index contributed by atoms with van der Waals surface area (Å²) >= 11 is 7.91. The Hall–Kier alpha value is -3.66. The maximum absolute atomic E-state index is 13.4. The first-order valence-electron chi connectivity index (χ1n) is 11.5. The number of aromatic nitrogens is 1. The third-order valence-electron chi connectivity index (χ3n) is 6.32. The molecule has 1 fully saturated rings. The lowest BCUT2D eigenvalue weighted by atomic mass is 10.1. The van der Waals surface area contributed by atoms with Gasteiger partial charge in [-0.05, 0) is 50.3 Å². The third kappa shape index (κ3) is 4.05. The first kappa shape index (κ1) is 22.8. The molecule has 4 heterocycles. The number of nitrogens with one attached hydrogen (secondary N) is 2. The molecule has 36 heavy (non-hydrogen) atoms. The number of nitrogens with zero attached hydrogens (tertiary/aromatic N) is 3. The zero-order chi connectivity index (χ0) is 24.8. The van der Waals surface area contributed by atoms with Crippen LogP contribution in [0.25, 0.3) is 10.2 Å². The molecule has 6 rings (SSSR count). The molecule has 0 radical (unpaired) electrons. The van der Waals surface area contributed by atoms with Crippen LogP contribution in [0, 0.1) is 0 Å². The highest BCUT2D eigenvalue weighted by atomic mass is 35.5. The lowest BCUT2D eigenvalue weighted by Gasteiger charge is -2.29. The van der Waals surface area contributed by atoms with Gasteiger partial charge in [-0.25, -0.2) is 9.78 Å². The minimum atomic E-state index is -0.401. The van der Waals surface area contributed by atoms with Gasteiger partial charge < -0.3 is 20.3 Å². The van der Waals surface area contributed by atoms with Gasteiger partial charge in [-0.3, -0.25) is 9.69 Å². The number of hydrogen-bond acceptors (Lipinski definition) is 6. The molecule has 0 spiro atoms. The van der Waals surface area contributed by atoms with Crippen molar-refractivity contribution in [3.63, 3.8) is 0 Å². The quantitative estimate of drug-likeness (QED) is 0.345. The second-order valence-corrected chi connectivity index (χ2v) is 10.2. The van der Waals surface area contributed by atoms with Crippen molar-refractivity contribution in [2.45, 2.75) is 12.5 Å². The lowest BCUT2D eigenvalue weighted by molar-refractivity contribution is 0.0943. The van der Waals surface area contributed by atoms with Crippen LogP contribution < -0.4 is 20.3 Å². The Bertz CT molecular complexity index is 1490. The van der Waals surface area contributed by atoms with E-state index in [1.54, 1.807) is 30.5 Å². The highest BCUT2D eigenvalue weighted by Gasteiger charge is 2.34. The monoisotopic (exact) mass is 519 g/mol. The number of ether oxygens (including phenoxy) is 1. The molecule has 2 aromatic heterocycles. The number of likely N-dealkylation sites (N-methyl/N-ethyl adjacent to an activating group) is 1. The van der Waals surface area contributed by atoms with Gasteiger partial charge in [-0.2, -0.15) is 0 Å². The van der Waals surface area contributed by atoms with Crippen molar-refractivity contribution in [1.29, 1.82) is 0 Å². The Kier molecular flexibility index (Phi) is 5.75. The van der Waals surface area contributed by atoms with Gasteiger partial charge in [0.15, 0.2) is 0 Å². The van der Waals surface area contributed by atoms with E-state index in [2.05, 4.69) is 20.5 Å². The minimum Gasteiger partial charge on any atom is -0.457 e. The summed E-state index contributed by atoms with van der Waals surface area (Å²) in [7, 11) is 2.03. The average molecular weight is 520 g/mol. The fourth-order valence-corrected chi connectivity index (χ4v) is 5.92. The van der Waals surface area contributed by atoms with Crippen LogP contribution in [0.4, 0.5) is 21.9 Å². The van der Waals surface area contributed by atoms with Gasteiger partial charge in [0.05, 0.1) is 27.5 Å². The Morgan fingerprint density at radius 3 is 2.75 bits per heavy atom. The zero-order valence-corrected chi connectivity index (χ0v) is 20.9. The highest BCUT2D eigenvalue weighted by Crippen LogP contribution is 2.47. The first-order chi connectivity index (χ1) is 17.5. The minimum absolute atomic E-state index is 0.0820. The fourth-order valence-electron chi connectivity index (χ4n) is 4.64. The van der Waals surface area contributed by atoms with Gasteiger partial charge in [-0.15, -0.1) is 11.3 Å². The normalized spacial score (nSPS) is 17.3. The lowest BCUT2D eigenvalue weighted by Crippen LogP contribution is -2.38. The SMILES string of the molecule is CN1CC[C@@H](NC(=O)c2sc3nccc4c3c2NC(=O)N4c2ccc(Oc3ccccc3)cc2Cl)C1. The molecule has 8 nitrogen and oxygen atoms in total. The molecular weight excluding hydrogens is 498 g/mol. The second kappa shape index (κ2) is 9.09. The zero-order valence-electron chi connectivity index (χ0n) is 19.3. The summed E-state index contributed by atoms with van der Waals surface area (Å²) in [4.78, 5) is 35.8. The predicted molar refractivity (Wildman–Crippen MR) is 142 cm³/mol. The van der Waals surface area contributed by atoms with E-state index in [9.17, 15) is 9.59 Å². The van der Waals surface area contributed by atoms with Crippen LogP contribution in [0.1, 0.15) is 16.1 Å². The molecule has 1 atom stereocenters. The molecule has 0 aliphatic carbocycles. The smallest absolute Gasteiger partial charge is 0.331 e. The van der Waals surface area contributed by atoms with Crippen molar-refractivity contribution in [1.82, 2.24) is 15.2 Å². The summed E-state index contributed by atoms with van der Waals surface area (Å²) in [5.74, 6) is 1.04. The molecule has 2 aliphatic rings. The van der Waals surface area contributed by atoms with E-state index in [1.807, 2.05) is 37.4 Å². The summed E-state index contributed by atoms with van der Waals surface area (Å²) in [6, 6.07) is 16.0. The van der Waals surface area contributed by atoms with Crippen LogP contribution >= 0.6 is 22.9 Å². The third-order valence-corrected chi connectivity index (χ3v) is 7.72. The fraction of sp³-hybridized carbons (Fsp3) is 0.192. The van der Waals surface area contributed by atoms with Gasteiger partial charge in [0, 0.05) is 24.8 Å². The Balaban J connectivity index is 1.34. The van der Waals surface area contributed by atoms with Gasteiger partial charge in [-0.1, -0.05) is 29.8 Å². The highest BCUT2D eigenvalue weighted by molar-refractivity contribution is 7.21. The summed E-state index contributed by atoms with van der Waals surface area (Å²) in [5, 5.41) is 7.09. The molecule has 10 heteroatoms. The molecule has 1 saturated heterocycles. The van der Waals surface area contributed by atoms with Crippen LogP contribution in [-0.2, 0) is 0 Å². The maximum Gasteiger partial charge on any atom is 0.331 e. The largest absolute Gasteiger partial charge is 0.457 e. The molecule has 0 saturated carbocycles. The van der Waals surface area contributed by atoms with E-state index in [4.69, 9.17) is 16.3 Å². The number of rotatable bonds is 5. The van der Waals surface area contributed by atoms with Crippen molar-refractivity contribution in [3.8, 4) is 11.5 Å². The van der Waals surface area contributed by atoms with Crippen LogP contribution in [-0.4, -0.2) is 48.0 Å². The molecule has 2 N–H and O–H groups in total. The second-order valence-electron chi connectivity index (χ2n) is 8.83. The van der Waals surface area contributed by atoms with Crippen LogP contribution in [0.3, 0.4) is 0 Å². The van der Waals surface area contributed by atoms with Crippen LogP contribution in [0.2, 0.25) is 5.02 Å². The van der Waals surface area contributed by atoms with Gasteiger partial charge in [0.1, 0.15) is 21.2 Å². The number of hydrogen-bond donors (Lipinski definition) is 2. The van der Waals surface area contributed by atoms with Crippen LogP contribution in [0.15, 0.2) is 60.8 Å². The number of thiophene rings is 1. The summed E-state index contributed by atoms with van der Waals surface area (Å²) in [5.41, 5.74) is 1.61. The van der Waals surface area contributed by atoms with E-state index in [0.29, 0.717) is 43.3 Å². The Labute approximate surface area is 216 Å². The van der Waals surface area contributed by atoms with E-state index < -0.39 is 6.03 Å². The van der Waals surface area contributed by atoms with Gasteiger partial charge in [0.25, 0.3) is 5.91 Å². The van der Waals surface area contributed by atoms with Crippen molar-refractivity contribution in [2.75, 3.05) is 30.4 Å². The van der Waals surface area contributed by atoms with Gasteiger partial charge in [0.2, 0.25) is 0 Å². The molecule has 0 unspecified atom stereocenters. The van der Waals surface area contributed by atoms with Crippen molar-refractivity contribution >= 4 is 62.2 Å². The molecular formula is C26H22ClN5O3S. The predicted octanol–water partition coefficient (Wildman–Crippen LogP) is 5.86. The topological polar surface area (TPSA) is 86.8 Å². The summed E-state index contributed by atoms with van der Waals surface area (Å²) < 4.78 is 5.87. The van der Waals surface area contributed by atoms with E-state index in [0.717, 1.165) is 24.9 Å². The number of carbonyl (C=O) groups excluding carboxylic acids is 2. The van der Waals surface area contributed by atoms with Crippen molar-refractivity contribution in [2.24, 2.45) is 0 Å². The number of benzene rings is 2. The van der Waals surface area contributed by atoms with Gasteiger partial charge >= 0.3 is 6.03 Å². The standard InChI is InChI=1S/C26H22ClN5O3S/c1-31-12-10-15(14-31)29-24(33)23-22-21-20(9-11-28-25(21)36-23)32(26(34)30-22)19-8-7-17(13-18(19)27)35-16-5-3-2-4-6-16/h2-9,11,13,15H,10,12,14H2,1H3,(H,29,33)(H,30,34)/t15-/m1/s1. The number of carbonyl (C=O) groups is 2. The number of pyridine rings is 1. The molecule has 3 amide bonds. The van der Waals surface area contributed by atoms with E-state index in [-0.39, 0.29) is 11.9 Å². The maximum atomic E-state index is 13.4. The summed E-state index contributed by atoms with van der Waals surface area (Å²) in [6.45, 7) is 1.75. The number of urea groups is 1. The van der Waals surface area contributed by atoms with E-state index >= 15 is 0 Å². The Morgan fingerprint density at radius 1 is 1.17 bits per heavy atom. The first-order valence-corrected chi connectivity index (χ1v) is 12.7. The number of anilines is 3. The average Bonchev–Trinajstić information content (AvgIpc) is 3.44. The number of amides is 3. The molecule has 2 aliphatic heterocycles. The number of likely N-dealkylation sites (tertiary alicyclic amines) is 1.